The Labute approximate surface area is 151 Å². The summed E-state index contributed by atoms with van der Waals surface area (Å²) in [5.74, 6) is 0.912. The van der Waals surface area contributed by atoms with Gasteiger partial charge in [0.15, 0.2) is 0 Å². The van der Waals surface area contributed by atoms with Crippen LogP contribution in [0.1, 0.15) is 28.4 Å². The molecule has 0 amide bonds. The van der Waals surface area contributed by atoms with Gasteiger partial charge < -0.3 is 9.84 Å². The quantitative estimate of drug-likeness (QED) is 0.779. The Hall–Kier alpha value is -2.21. The van der Waals surface area contributed by atoms with Gasteiger partial charge in [-0.1, -0.05) is 12.1 Å². The van der Waals surface area contributed by atoms with Gasteiger partial charge >= 0.3 is 0 Å². The molecule has 1 atom stereocenters. The second kappa shape index (κ2) is 7.35. The molecule has 4 nitrogen and oxygen atoms in total. The molecular weight excluding hydrogens is 332 g/mol. The fourth-order valence-electron chi connectivity index (χ4n) is 3.14. The number of hydrogen-bond donors (Lipinski definition) is 1. The number of thiophene rings is 1. The number of hydrogen-bond acceptors (Lipinski definition) is 5. The Morgan fingerprint density at radius 3 is 3.00 bits per heavy atom. The third-order valence-corrected chi connectivity index (χ3v) is 5.18. The van der Waals surface area contributed by atoms with E-state index in [1.807, 2.05) is 24.3 Å². The van der Waals surface area contributed by atoms with Crippen molar-refractivity contribution in [2.24, 2.45) is 0 Å². The lowest BCUT2D eigenvalue weighted by atomic mass is 10.00. The van der Waals surface area contributed by atoms with E-state index in [1.165, 1.54) is 5.56 Å². The standard InChI is InChI=1S/C20H20N2O2S/c23-20(17-2-1-6-21-11-17)16-3-4-19-18(10-16)13-22(7-8-24-19)12-15-5-9-25-14-15/h1-6,9-11,14,20,23H,7-8,12-13H2. The highest BCUT2D eigenvalue weighted by Gasteiger charge is 2.18. The van der Waals surface area contributed by atoms with Gasteiger partial charge in [-0.25, -0.2) is 0 Å². The number of aromatic nitrogens is 1. The molecule has 3 heterocycles. The molecule has 1 aromatic carbocycles. The van der Waals surface area contributed by atoms with Crippen LogP contribution in [0.2, 0.25) is 0 Å². The number of fused-ring (bicyclic) bond motifs is 1. The van der Waals surface area contributed by atoms with Crippen LogP contribution in [-0.2, 0) is 13.1 Å². The van der Waals surface area contributed by atoms with Crippen LogP contribution >= 0.6 is 11.3 Å². The zero-order chi connectivity index (χ0) is 17.1. The minimum atomic E-state index is -0.674. The fourth-order valence-corrected chi connectivity index (χ4v) is 3.80. The van der Waals surface area contributed by atoms with Crippen molar-refractivity contribution in [1.29, 1.82) is 0 Å². The summed E-state index contributed by atoms with van der Waals surface area (Å²) in [5, 5.41) is 14.9. The van der Waals surface area contributed by atoms with Gasteiger partial charge in [-0.2, -0.15) is 11.3 Å². The van der Waals surface area contributed by atoms with Gasteiger partial charge in [0.2, 0.25) is 0 Å². The van der Waals surface area contributed by atoms with E-state index in [-0.39, 0.29) is 0 Å². The summed E-state index contributed by atoms with van der Waals surface area (Å²) in [6, 6.07) is 11.9. The Morgan fingerprint density at radius 2 is 2.20 bits per heavy atom. The number of pyridine rings is 1. The van der Waals surface area contributed by atoms with Crippen LogP contribution in [0.25, 0.3) is 0 Å². The van der Waals surface area contributed by atoms with E-state index in [2.05, 4.69) is 32.8 Å². The molecule has 0 spiro atoms. The van der Waals surface area contributed by atoms with Gasteiger partial charge in [0.05, 0.1) is 0 Å². The lowest BCUT2D eigenvalue weighted by molar-refractivity contribution is 0.218. The molecule has 1 aliphatic heterocycles. The van der Waals surface area contributed by atoms with E-state index in [1.54, 1.807) is 23.7 Å². The van der Waals surface area contributed by atoms with E-state index >= 15 is 0 Å². The molecule has 0 aliphatic carbocycles. The monoisotopic (exact) mass is 352 g/mol. The van der Waals surface area contributed by atoms with Crippen LogP contribution in [0.3, 0.4) is 0 Å². The molecule has 2 aromatic heterocycles. The van der Waals surface area contributed by atoms with Crippen molar-refractivity contribution in [3.63, 3.8) is 0 Å². The summed E-state index contributed by atoms with van der Waals surface area (Å²) in [5.41, 5.74) is 4.12. The Kier molecular flexibility index (Phi) is 4.78. The van der Waals surface area contributed by atoms with Gasteiger partial charge in [-0.05, 0) is 46.2 Å². The number of rotatable bonds is 4. The molecule has 1 N–H and O–H groups in total. The van der Waals surface area contributed by atoms with Crippen LogP contribution in [-0.4, -0.2) is 28.1 Å². The number of aliphatic hydroxyl groups is 1. The number of nitrogens with zero attached hydrogens (tertiary/aromatic N) is 2. The topological polar surface area (TPSA) is 45.6 Å². The predicted octanol–water partition coefficient (Wildman–Crippen LogP) is 3.62. The summed E-state index contributed by atoms with van der Waals surface area (Å²) in [7, 11) is 0. The second-order valence-corrected chi connectivity index (χ2v) is 7.03. The van der Waals surface area contributed by atoms with E-state index in [0.29, 0.717) is 6.61 Å². The lowest BCUT2D eigenvalue weighted by Gasteiger charge is -2.19. The highest BCUT2D eigenvalue weighted by Crippen LogP contribution is 2.29. The van der Waals surface area contributed by atoms with E-state index in [9.17, 15) is 5.11 Å². The van der Waals surface area contributed by atoms with Crippen molar-refractivity contribution in [3.8, 4) is 5.75 Å². The van der Waals surface area contributed by atoms with Crippen molar-refractivity contribution >= 4 is 11.3 Å². The zero-order valence-electron chi connectivity index (χ0n) is 13.8. The van der Waals surface area contributed by atoms with Gasteiger partial charge in [0, 0.05) is 43.2 Å². The number of aliphatic hydroxyl groups excluding tert-OH is 1. The largest absolute Gasteiger partial charge is 0.492 e. The van der Waals surface area contributed by atoms with Crippen LogP contribution in [0.4, 0.5) is 0 Å². The Morgan fingerprint density at radius 1 is 1.24 bits per heavy atom. The van der Waals surface area contributed by atoms with E-state index < -0.39 is 6.10 Å². The van der Waals surface area contributed by atoms with E-state index in [4.69, 9.17) is 4.74 Å². The maximum absolute atomic E-state index is 10.6. The van der Waals surface area contributed by atoms with Crippen LogP contribution in [0.15, 0.2) is 59.6 Å². The van der Waals surface area contributed by atoms with Gasteiger partial charge in [0.1, 0.15) is 18.5 Å². The molecule has 0 saturated carbocycles. The molecule has 0 fully saturated rings. The Balaban J connectivity index is 1.57. The molecule has 1 unspecified atom stereocenters. The summed E-state index contributed by atoms with van der Waals surface area (Å²) in [6.07, 6.45) is 2.74. The molecule has 3 aromatic rings. The predicted molar refractivity (Wildman–Crippen MR) is 98.7 cm³/mol. The molecule has 1 aliphatic rings. The second-order valence-electron chi connectivity index (χ2n) is 6.25. The SMILES string of the molecule is OC(c1cccnc1)c1ccc2c(c1)CN(Cc1ccsc1)CCO2. The molecule has 5 heteroatoms. The third-order valence-electron chi connectivity index (χ3n) is 4.45. The summed E-state index contributed by atoms with van der Waals surface area (Å²) < 4.78 is 5.91. The first-order chi connectivity index (χ1) is 12.3. The number of benzene rings is 1. The lowest BCUT2D eigenvalue weighted by Crippen LogP contribution is -2.25. The average molecular weight is 352 g/mol. The minimum absolute atomic E-state index is 0.674. The molecular formula is C20H20N2O2S. The first kappa shape index (κ1) is 16.3. The first-order valence-corrected chi connectivity index (χ1v) is 9.31. The maximum atomic E-state index is 10.6. The molecule has 0 bridgehead atoms. The number of ether oxygens (including phenoxy) is 1. The van der Waals surface area contributed by atoms with Crippen molar-refractivity contribution in [2.75, 3.05) is 13.2 Å². The van der Waals surface area contributed by atoms with Crippen molar-refractivity contribution < 1.29 is 9.84 Å². The van der Waals surface area contributed by atoms with Crippen LogP contribution in [0.5, 0.6) is 5.75 Å². The molecule has 25 heavy (non-hydrogen) atoms. The molecule has 0 saturated heterocycles. The molecule has 4 rings (SSSR count). The summed E-state index contributed by atoms with van der Waals surface area (Å²) >= 11 is 1.73. The highest BCUT2D eigenvalue weighted by atomic mass is 32.1. The third kappa shape index (κ3) is 3.74. The maximum Gasteiger partial charge on any atom is 0.123 e. The Bertz CT molecular complexity index is 821. The molecule has 0 radical (unpaired) electrons. The van der Waals surface area contributed by atoms with Crippen molar-refractivity contribution in [3.05, 3.63) is 81.8 Å². The average Bonchev–Trinajstić information content (AvgIpc) is 3.07. The summed E-state index contributed by atoms with van der Waals surface area (Å²) in [4.78, 5) is 6.48. The molecule has 128 valence electrons. The van der Waals surface area contributed by atoms with Gasteiger partial charge in [0.25, 0.3) is 0 Å². The fraction of sp³-hybridized carbons (Fsp3) is 0.250. The van der Waals surface area contributed by atoms with E-state index in [0.717, 1.165) is 42.1 Å². The smallest absolute Gasteiger partial charge is 0.123 e. The van der Waals surface area contributed by atoms with Gasteiger partial charge in [-0.15, -0.1) is 0 Å². The summed E-state index contributed by atoms with van der Waals surface area (Å²) in [6.45, 7) is 3.31. The van der Waals surface area contributed by atoms with Gasteiger partial charge in [-0.3, -0.25) is 9.88 Å². The zero-order valence-corrected chi connectivity index (χ0v) is 14.7. The van der Waals surface area contributed by atoms with Crippen molar-refractivity contribution in [2.45, 2.75) is 19.2 Å². The highest BCUT2D eigenvalue weighted by molar-refractivity contribution is 7.07. The van der Waals surface area contributed by atoms with Crippen LogP contribution < -0.4 is 4.74 Å². The normalized spacial score (nSPS) is 15.9. The van der Waals surface area contributed by atoms with Crippen LogP contribution in [0, 0.1) is 0 Å². The first-order valence-electron chi connectivity index (χ1n) is 8.36. The van der Waals surface area contributed by atoms with Crippen molar-refractivity contribution in [1.82, 2.24) is 9.88 Å². The minimum Gasteiger partial charge on any atom is -0.492 e.